The van der Waals surface area contributed by atoms with Crippen LogP contribution in [0.2, 0.25) is 0 Å². The van der Waals surface area contributed by atoms with E-state index >= 15 is 0 Å². The Hall–Kier alpha value is -2.51. The molecule has 0 aliphatic rings. The Morgan fingerprint density at radius 3 is 2.21 bits per heavy atom. The van der Waals surface area contributed by atoms with Crippen LogP contribution in [0, 0.1) is 20.2 Å². The molecule has 1 rings (SSSR count). The van der Waals surface area contributed by atoms with E-state index in [4.69, 9.17) is 4.74 Å². The summed E-state index contributed by atoms with van der Waals surface area (Å²) < 4.78 is 4.96. The molecule has 0 unspecified atom stereocenters. The van der Waals surface area contributed by atoms with Gasteiger partial charge in [0.1, 0.15) is 0 Å². The van der Waals surface area contributed by atoms with Crippen molar-refractivity contribution < 1.29 is 19.4 Å². The van der Waals surface area contributed by atoms with Gasteiger partial charge in [-0.15, -0.1) is 0 Å². The van der Waals surface area contributed by atoms with Crippen LogP contribution in [0.5, 0.6) is 5.75 Å². The van der Waals surface area contributed by atoms with Gasteiger partial charge < -0.3 is 4.74 Å². The van der Waals surface area contributed by atoms with E-state index in [0.29, 0.717) is 6.42 Å². The van der Waals surface area contributed by atoms with Crippen LogP contribution in [-0.2, 0) is 4.79 Å². The van der Waals surface area contributed by atoms with Gasteiger partial charge in [0, 0.05) is 18.6 Å². The predicted octanol–water partition coefficient (Wildman–Crippen LogP) is 4.55. The Balaban J connectivity index is 2.52. The van der Waals surface area contributed by atoms with Crippen molar-refractivity contribution in [3.05, 3.63) is 38.4 Å². The summed E-state index contributed by atoms with van der Waals surface area (Å²) in [5, 5.41) is 21.6. The maximum atomic E-state index is 11.8. The van der Waals surface area contributed by atoms with Crippen molar-refractivity contribution in [3.63, 3.8) is 0 Å². The van der Waals surface area contributed by atoms with E-state index in [1.165, 1.54) is 19.3 Å². The first kappa shape index (κ1) is 19.5. The van der Waals surface area contributed by atoms with Crippen LogP contribution in [0.3, 0.4) is 0 Å². The molecule has 0 saturated carbocycles. The number of hydrogen-bond acceptors (Lipinski definition) is 6. The predicted molar refractivity (Wildman–Crippen MR) is 88.0 cm³/mol. The minimum Gasteiger partial charge on any atom is -0.419 e. The van der Waals surface area contributed by atoms with E-state index in [9.17, 15) is 25.0 Å². The van der Waals surface area contributed by atoms with E-state index in [2.05, 4.69) is 6.92 Å². The van der Waals surface area contributed by atoms with Crippen LogP contribution in [-0.4, -0.2) is 15.8 Å². The third-order valence-corrected chi connectivity index (χ3v) is 3.56. The summed E-state index contributed by atoms with van der Waals surface area (Å²) in [5.74, 6) is -1.01. The molecule has 24 heavy (non-hydrogen) atoms. The highest BCUT2D eigenvalue weighted by molar-refractivity contribution is 5.74. The van der Waals surface area contributed by atoms with Crippen molar-refractivity contribution in [2.45, 2.75) is 58.3 Å². The molecule has 8 nitrogen and oxygen atoms in total. The average molecular weight is 338 g/mol. The SMILES string of the molecule is CCCCCCCCCC(=O)Oc1cc([N+](=O)[O-])ccc1[N+](=O)[O-]. The van der Waals surface area contributed by atoms with E-state index < -0.39 is 21.5 Å². The molecule has 1 aromatic carbocycles. The summed E-state index contributed by atoms with van der Waals surface area (Å²) in [6.45, 7) is 2.14. The molecule has 8 heteroatoms. The molecular formula is C16H22N2O6. The normalized spacial score (nSPS) is 10.4. The third kappa shape index (κ3) is 6.72. The minimum absolute atomic E-state index is 0.133. The van der Waals surface area contributed by atoms with Gasteiger partial charge in [0.05, 0.1) is 15.9 Å². The van der Waals surface area contributed by atoms with Gasteiger partial charge in [-0.3, -0.25) is 25.0 Å². The number of nitrogens with zero attached hydrogens (tertiary/aromatic N) is 2. The van der Waals surface area contributed by atoms with E-state index in [-0.39, 0.29) is 17.9 Å². The lowest BCUT2D eigenvalue weighted by atomic mass is 10.1. The number of rotatable bonds is 11. The average Bonchev–Trinajstić information content (AvgIpc) is 2.53. The second-order valence-electron chi connectivity index (χ2n) is 5.51. The number of carbonyl (C=O) groups is 1. The number of carbonyl (C=O) groups excluding carboxylic acids is 1. The Labute approximate surface area is 140 Å². The van der Waals surface area contributed by atoms with E-state index in [1.54, 1.807) is 0 Å². The third-order valence-electron chi connectivity index (χ3n) is 3.56. The second-order valence-corrected chi connectivity index (χ2v) is 5.51. The number of benzene rings is 1. The number of non-ortho nitro benzene ring substituents is 1. The molecule has 1 aromatic rings. The Kier molecular flexibility index (Phi) is 8.38. The Bertz CT molecular complexity index is 588. The van der Waals surface area contributed by atoms with Gasteiger partial charge in [0.15, 0.2) is 0 Å². The van der Waals surface area contributed by atoms with Crippen molar-refractivity contribution >= 4 is 17.3 Å². The van der Waals surface area contributed by atoms with Crippen LogP contribution in [0.4, 0.5) is 11.4 Å². The van der Waals surface area contributed by atoms with Gasteiger partial charge in [0.25, 0.3) is 5.69 Å². The molecule has 0 aliphatic heterocycles. The van der Waals surface area contributed by atoms with Crippen LogP contribution in [0.15, 0.2) is 18.2 Å². The number of unbranched alkanes of at least 4 members (excludes halogenated alkanes) is 6. The first-order chi connectivity index (χ1) is 11.5. The summed E-state index contributed by atoms with van der Waals surface area (Å²) >= 11 is 0. The molecule has 0 aliphatic carbocycles. The van der Waals surface area contributed by atoms with Gasteiger partial charge in [-0.05, 0) is 6.42 Å². The Morgan fingerprint density at radius 2 is 1.62 bits per heavy atom. The van der Waals surface area contributed by atoms with Gasteiger partial charge in [-0.25, -0.2) is 0 Å². The molecule has 0 amide bonds. The van der Waals surface area contributed by atoms with Crippen molar-refractivity contribution in [2.75, 3.05) is 0 Å². The van der Waals surface area contributed by atoms with Gasteiger partial charge >= 0.3 is 11.7 Å². The molecule has 0 spiro atoms. The fourth-order valence-corrected chi connectivity index (χ4v) is 2.25. The maximum Gasteiger partial charge on any atom is 0.312 e. The smallest absolute Gasteiger partial charge is 0.312 e. The molecule has 0 aromatic heterocycles. The molecular weight excluding hydrogens is 316 g/mol. The van der Waals surface area contributed by atoms with Crippen molar-refractivity contribution in [1.82, 2.24) is 0 Å². The fraction of sp³-hybridized carbons (Fsp3) is 0.562. The highest BCUT2D eigenvalue weighted by atomic mass is 16.6. The lowest BCUT2D eigenvalue weighted by Gasteiger charge is -2.05. The number of nitro benzene ring substituents is 2. The largest absolute Gasteiger partial charge is 0.419 e. The number of ether oxygens (including phenoxy) is 1. The lowest BCUT2D eigenvalue weighted by molar-refractivity contribution is -0.389. The summed E-state index contributed by atoms with van der Waals surface area (Å²) in [4.78, 5) is 32.0. The van der Waals surface area contributed by atoms with Crippen LogP contribution in [0.1, 0.15) is 58.3 Å². The number of hydrogen-bond donors (Lipinski definition) is 0. The first-order valence-corrected chi connectivity index (χ1v) is 8.09. The highest BCUT2D eigenvalue weighted by Crippen LogP contribution is 2.31. The molecule has 0 N–H and O–H groups in total. The number of esters is 1. The van der Waals surface area contributed by atoms with E-state index in [0.717, 1.165) is 37.5 Å². The second kappa shape index (κ2) is 10.3. The van der Waals surface area contributed by atoms with Gasteiger partial charge in [0.2, 0.25) is 5.75 Å². The van der Waals surface area contributed by atoms with E-state index in [1.807, 2.05) is 0 Å². The van der Waals surface area contributed by atoms with Crippen molar-refractivity contribution in [2.24, 2.45) is 0 Å². The lowest BCUT2D eigenvalue weighted by Crippen LogP contribution is -2.09. The quantitative estimate of drug-likeness (QED) is 0.192. The summed E-state index contributed by atoms with van der Waals surface area (Å²) in [6.07, 6.45) is 7.37. The van der Waals surface area contributed by atoms with Gasteiger partial charge in [-0.2, -0.15) is 0 Å². The fourth-order valence-electron chi connectivity index (χ4n) is 2.25. The molecule has 0 atom stereocenters. The van der Waals surface area contributed by atoms with Crippen LogP contribution in [0.25, 0.3) is 0 Å². The summed E-state index contributed by atoms with van der Waals surface area (Å²) in [5.41, 5.74) is -0.826. The van der Waals surface area contributed by atoms with Crippen molar-refractivity contribution in [3.8, 4) is 5.75 Å². The zero-order chi connectivity index (χ0) is 17.9. The molecule has 0 fully saturated rings. The van der Waals surface area contributed by atoms with Crippen LogP contribution < -0.4 is 4.74 Å². The topological polar surface area (TPSA) is 113 Å². The molecule has 132 valence electrons. The molecule has 0 heterocycles. The van der Waals surface area contributed by atoms with Gasteiger partial charge in [-0.1, -0.05) is 45.4 Å². The minimum atomic E-state index is -0.736. The molecule has 0 bridgehead atoms. The standard InChI is InChI=1S/C16H22N2O6/c1-2-3-4-5-6-7-8-9-16(19)24-15-12-13(17(20)21)10-11-14(15)18(22)23/h10-12H,2-9H2,1H3. The molecule has 0 saturated heterocycles. The zero-order valence-corrected chi connectivity index (χ0v) is 13.7. The summed E-state index contributed by atoms with van der Waals surface area (Å²) in [6, 6.07) is 2.88. The number of nitro groups is 2. The van der Waals surface area contributed by atoms with Crippen molar-refractivity contribution in [1.29, 1.82) is 0 Å². The molecule has 0 radical (unpaired) electrons. The highest BCUT2D eigenvalue weighted by Gasteiger charge is 2.21. The summed E-state index contributed by atoms with van der Waals surface area (Å²) in [7, 11) is 0. The first-order valence-electron chi connectivity index (χ1n) is 8.09. The maximum absolute atomic E-state index is 11.8. The zero-order valence-electron chi connectivity index (χ0n) is 13.7. The van der Waals surface area contributed by atoms with Crippen LogP contribution >= 0.6 is 0 Å². The Morgan fingerprint density at radius 1 is 1.00 bits per heavy atom. The monoisotopic (exact) mass is 338 g/mol.